The third-order valence-electron chi connectivity index (χ3n) is 4.71. The van der Waals surface area contributed by atoms with Crippen molar-refractivity contribution >= 4 is 22.7 Å². The van der Waals surface area contributed by atoms with E-state index in [4.69, 9.17) is 5.84 Å². The van der Waals surface area contributed by atoms with E-state index in [0.717, 1.165) is 33.6 Å². The largest absolute Gasteiger partial charge is 0.356 e. The summed E-state index contributed by atoms with van der Waals surface area (Å²) in [7, 11) is 0. The summed E-state index contributed by atoms with van der Waals surface area (Å²) in [4.78, 5) is 29.9. The van der Waals surface area contributed by atoms with Crippen LogP contribution in [0.1, 0.15) is 18.2 Å². The maximum absolute atomic E-state index is 12.7. The molecule has 0 spiro atoms. The Morgan fingerprint density at radius 1 is 1.29 bits per heavy atom. The van der Waals surface area contributed by atoms with Crippen LogP contribution >= 0.6 is 0 Å². The summed E-state index contributed by atoms with van der Waals surface area (Å²) in [5.74, 6) is 5.39. The molecule has 0 unspecified atom stereocenters. The summed E-state index contributed by atoms with van der Waals surface area (Å²) in [5.41, 5.74) is 1.86. The molecule has 108 valence electrons. The summed E-state index contributed by atoms with van der Waals surface area (Å²) >= 11 is 0. The van der Waals surface area contributed by atoms with Gasteiger partial charge in [0.2, 0.25) is 5.91 Å². The zero-order valence-corrected chi connectivity index (χ0v) is 11.7. The number of benzene rings is 1. The van der Waals surface area contributed by atoms with Crippen molar-refractivity contribution < 1.29 is 9.59 Å². The predicted octanol–water partition coefficient (Wildman–Crippen LogP) is 0.484. The van der Waals surface area contributed by atoms with E-state index >= 15 is 0 Å². The number of hydrogen-bond donors (Lipinski definition) is 2. The quantitative estimate of drug-likeness (QED) is 0.545. The zero-order valence-electron chi connectivity index (χ0n) is 11.7. The van der Waals surface area contributed by atoms with Crippen molar-refractivity contribution in [2.75, 3.05) is 13.1 Å². The Kier molecular flexibility index (Phi) is 2.28. The lowest BCUT2D eigenvalue weighted by Gasteiger charge is -2.48. The number of aromatic amines is 1. The van der Waals surface area contributed by atoms with Gasteiger partial charge in [-0.15, -0.1) is 0 Å². The number of carbonyl (C=O) groups excluding carboxylic acids is 2. The number of rotatable bonds is 0. The Labute approximate surface area is 121 Å². The lowest BCUT2D eigenvalue weighted by Crippen LogP contribution is -2.68. The summed E-state index contributed by atoms with van der Waals surface area (Å²) in [6.45, 7) is 2.27. The van der Waals surface area contributed by atoms with Gasteiger partial charge in [0.1, 0.15) is 6.54 Å². The maximum atomic E-state index is 12.7. The summed E-state index contributed by atoms with van der Waals surface area (Å²) in [6, 6.07) is 7.96. The molecule has 0 aliphatic carbocycles. The molecule has 2 aliphatic rings. The fourth-order valence-corrected chi connectivity index (χ4v) is 3.64. The van der Waals surface area contributed by atoms with Gasteiger partial charge in [0, 0.05) is 17.4 Å². The molecule has 0 radical (unpaired) electrons. The Balaban J connectivity index is 2.00. The Morgan fingerprint density at radius 2 is 2.05 bits per heavy atom. The van der Waals surface area contributed by atoms with Gasteiger partial charge in [0.15, 0.2) is 5.54 Å². The highest BCUT2D eigenvalue weighted by Gasteiger charge is 2.53. The van der Waals surface area contributed by atoms with Gasteiger partial charge in [-0.2, -0.15) is 0 Å². The third kappa shape index (κ3) is 1.40. The highest BCUT2D eigenvalue weighted by atomic mass is 16.2. The standard InChI is InChI=1S/C15H16N4O2/c1-15-13-10(9-4-2-3-5-11(9)17-13)6-7-18(15)12(20)8-19(16)14(15)21/h2-5,17H,6-8,16H2,1H3/t15-/m0/s1. The molecule has 1 atom stereocenters. The van der Waals surface area contributed by atoms with E-state index < -0.39 is 5.54 Å². The van der Waals surface area contributed by atoms with Crippen LogP contribution in [0.5, 0.6) is 0 Å². The van der Waals surface area contributed by atoms with Gasteiger partial charge in [-0.3, -0.25) is 14.6 Å². The average molecular weight is 284 g/mol. The molecule has 3 N–H and O–H groups in total. The van der Waals surface area contributed by atoms with Gasteiger partial charge in [0.25, 0.3) is 5.91 Å². The topological polar surface area (TPSA) is 82.4 Å². The van der Waals surface area contributed by atoms with Crippen LogP contribution in [-0.4, -0.2) is 39.8 Å². The van der Waals surface area contributed by atoms with Crippen LogP contribution in [0.4, 0.5) is 0 Å². The molecule has 1 aromatic heterocycles. The molecule has 21 heavy (non-hydrogen) atoms. The minimum atomic E-state index is -1.03. The second kappa shape index (κ2) is 3.85. The first-order valence-corrected chi connectivity index (χ1v) is 7.00. The van der Waals surface area contributed by atoms with Gasteiger partial charge in [-0.05, 0) is 25.0 Å². The smallest absolute Gasteiger partial charge is 0.268 e. The minimum absolute atomic E-state index is 0.0516. The SMILES string of the molecule is C[C@]12C(=O)N(N)CC(=O)N1CCc1c2[nH]c2ccccc12. The molecule has 2 amide bonds. The zero-order chi connectivity index (χ0) is 14.8. The predicted molar refractivity (Wildman–Crippen MR) is 77.0 cm³/mol. The van der Waals surface area contributed by atoms with E-state index in [0.29, 0.717) is 6.54 Å². The number of nitrogens with zero attached hydrogens (tertiary/aromatic N) is 2. The van der Waals surface area contributed by atoms with Crippen LogP contribution in [0, 0.1) is 0 Å². The summed E-state index contributed by atoms with van der Waals surface area (Å²) < 4.78 is 0. The van der Waals surface area contributed by atoms with Gasteiger partial charge in [0.05, 0.1) is 5.69 Å². The lowest BCUT2D eigenvalue weighted by atomic mass is 9.84. The maximum Gasteiger partial charge on any atom is 0.268 e. The first-order valence-electron chi connectivity index (χ1n) is 7.00. The molecular formula is C15H16N4O2. The summed E-state index contributed by atoms with van der Waals surface area (Å²) in [6.07, 6.45) is 0.749. The first kappa shape index (κ1) is 12.4. The molecule has 1 aromatic carbocycles. The van der Waals surface area contributed by atoms with Crippen molar-refractivity contribution in [2.24, 2.45) is 5.84 Å². The number of hydrazine groups is 1. The number of hydrogen-bond acceptors (Lipinski definition) is 3. The van der Waals surface area contributed by atoms with Crippen molar-refractivity contribution in [3.8, 4) is 0 Å². The van der Waals surface area contributed by atoms with E-state index in [1.165, 1.54) is 0 Å². The van der Waals surface area contributed by atoms with Crippen molar-refractivity contribution in [2.45, 2.75) is 18.9 Å². The molecule has 0 bridgehead atoms. The molecular weight excluding hydrogens is 268 g/mol. The molecule has 4 rings (SSSR count). The van der Waals surface area contributed by atoms with Crippen molar-refractivity contribution in [1.82, 2.24) is 14.9 Å². The number of H-pyrrole nitrogens is 1. The van der Waals surface area contributed by atoms with Gasteiger partial charge >= 0.3 is 0 Å². The highest BCUT2D eigenvalue weighted by Crippen LogP contribution is 2.41. The monoisotopic (exact) mass is 284 g/mol. The molecule has 2 aromatic rings. The van der Waals surface area contributed by atoms with Gasteiger partial charge in [-0.1, -0.05) is 18.2 Å². The molecule has 1 fully saturated rings. The van der Waals surface area contributed by atoms with Crippen LogP contribution in [0.2, 0.25) is 0 Å². The van der Waals surface area contributed by atoms with Crippen molar-refractivity contribution in [1.29, 1.82) is 0 Å². The van der Waals surface area contributed by atoms with E-state index in [-0.39, 0.29) is 18.4 Å². The highest BCUT2D eigenvalue weighted by molar-refractivity contribution is 6.00. The Hall–Kier alpha value is -2.34. The molecule has 0 saturated carbocycles. The van der Waals surface area contributed by atoms with Crippen LogP contribution < -0.4 is 5.84 Å². The summed E-state index contributed by atoms with van der Waals surface area (Å²) in [5, 5.41) is 2.14. The van der Waals surface area contributed by atoms with Crippen LogP contribution in [0.15, 0.2) is 24.3 Å². The first-order chi connectivity index (χ1) is 10.0. The molecule has 2 aliphatic heterocycles. The number of nitrogens with two attached hydrogens (primary N) is 1. The number of para-hydroxylation sites is 1. The number of amides is 2. The number of fused-ring (bicyclic) bond motifs is 5. The number of aromatic nitrogens is 1. The second-order valence-electron chi connectivity index (χ2n) is 5.82. The van der Waals surface area contributed by atoms with Crippen LogP contribution in [-0.2, 0) is 21.5 Å². The molecule has 1 saturated heterocycles. The average Bonchev–Trinajstić information content (AvgIpc) is 2.85. The fourth-order valence-electron chi connectivity index (χ4n) is 3.64. The van der Waals surface area contributed by atoms with E-state index in [2.05, 4.69) is 4.98 Å². The minimum Gasteiger partial charge on any atom is -0.356 e. The van der Waals surface area contributed by atoms with Crippen LogP contribution in [0.25, 0.3) is 10.9 Å². The number of nitrogens with one attached hydrogen (secondary N) is 1. The molecule has 3 heterocycles. The third-order valence-corrected chi connectivity index (χ3v) is 4.71. The Bertz CT molecular complexity index is 781. The molecule has 6 nitrogen and oxygen atoms in total. The molecule has 6 heteroatoms. The fraction of sp³-hybridized carbons (Fsp3) is 0.333. The number of piperazine rings is 1. The van der Waals surface area contributed by atoms with E-state index in [1.807, 2.05) is 24.3 Å². The van der Waals surface area contributed by atoms with E-state index in [1.54, 1.807) is 11.8 Å². The number of carbonyl (C=O) groups is 2. The van der Waals surface area contributed by atoms with E-state index in [9.17, 15) is 9.59 Å². The van der Waals surface area contributed by atoms with Gasteiger partial charge < -0.3 is 9.88 Å². The Morgan fingerprint density at radius 3 is 2.86 bits per heavy atom. The van der Waals surface area contributed by atoms with Crippen molar-refractivity contribution in [3.05, 3.63) is 35.5 Å². The van der Waals surface area contributed by atoms with Crippen molar-refractivity contribution in [3.63, 3.8) is 0 Å². The normalized spacial score (nSPS) is 25.2. The van der Waals surface area contributed by atoms with Crippen LogP contribution in [0.3, 0.4) is 0 Å². The second-order valence-corrected chi connectivity index (χ2v) is 5.82. The van der Waals surface area contributed by atoms with Gasteiger partial charge in [-0.25, -0.2) is 5.84 Å². The lowest BCUT2D eigenvalue weighted by molar-refractivity contribution is -0.166.